The quantitative estimate of drug-likeness (QED) is 0.739. The Labute approximate surface area is 147 Å². The van der Waals surface area contributed by atoms with Crippen LogP contribution in [0.3, 0.4) is 0 Å². The number of nitrogens with zero attached hydrogens (tertiary/aromatic N) is 2. The van der Waals surface area contributed by atoms with Gasteiger partial charge in [0.2, 0.25) is 0 Å². The fourth-order valence-corrected chi connectivity index (χ4v) is 2.65. The molecule has 0 fully saturated rings. The zero-order valence-electron chi connectivity index (χ0n) is 13.7. The number of aryl methyl sites for hydroxylation is 1. The maximum atomic E-state index is 14.1. The number of halogens is 3. The lowest BCUT2D eigenvalue weighted by Crippen LogP contribution is -2.33. The Morgan fingerprint density at radius 2 is 1.65 bits per heavy atom. The predicted molar refractivity (Wildman–Crippen MR) is 92.4 cm³/mol. The molecule has 0 spiro atoms. The largest absolute Gasteiger partial charge is 0.351 e. The molecule has 0 unspecified atom stereocenters. The Balaban J connectivity index is 2.14. The molecule has 0 saturated heterocycles. The average molecular weight is 357 g/mol. The highest BCUT2D eigenvalue weighted by molar-refractivity contribution is 5.98. The summed E-state index contributed by atoms with van der Waals surface area (Å²) in [7, 11) is 0. The standard InChI is InChI=1S/C19H14F3N3O/c1-11-10-12(20)8-9-13(11)16-6-3-7-17(24-16)25(19(23)26)18-14(21)4-2-5-15(18)22/h2-10H,1H3,(H2,23,26). The number of nitrogens with two attached hydrogens (primary N) is 1. The number of carbonyl (C=O) groups is 1. The Morgan fingerprint density at radius 1 is 1.00 bits per heavy atom. The molecule has 0 bridgehead atoms. The van der Waals surface area contributed by atoms with E-state index in [4.69, 9.17) is 5.73 Å². The van der Waals surface area contributed by atoms with Gasteiger partial charge in [-0.25, -0.2) is 27.8 Å². The average Bonchev–Trinajstić information content (AvgIpc) is 2.58. The van der Waals surface area contributed by atoms with Crippen molar-refractivity contribution in [3.05, 3.63) is 77.6 Å². The predicted octanol–water partition coefficient (Wildman–Crippen LogP) is 4.69. The maximum Gasteiger partial charge on any atom is 0.325 e. The molecule has 3 aromatic rings. The Bertz CT molecular complexity index is 971. The van der Waals surface area contributed by atoms with Gasteiger partial charge >= 0.3 is 6.03 Å². The normalized spacial score (nSPS) is 10.6. The van der Waals surface area contributed by atoms with Gasteiger partial charge in [-0.3, -0.25) is 0 Å². The van der Waals surface area contributed by atoms with Gasteiger partial charge in [-0.15, -0.1) is 0 Å². The van der Waals surface area contributed by atoms with Gasteiger partial charge < -0.3 is 5.73 Å². The van der Waals surface area contributed by atoms with Crippen molar-refractivity contribution in [2.45, 2.75) is 6.92 Å². The molecule has 0 aliphatic rings. The Hall–Kier alpha value is -3.35. The molecule has 26 heavy (non-hydrogen) atoms. The lowest BCUT2D eigenvalue weighted by molar-refractivity contribution is 0.255. The maximum absolute atomic E-state index is 14.1. The topological polar surface area (TPSA) is 59.2 Å². The molecule has 1 aromatic heterocycles. The number of pyridine rings is 1. The molecule has 1 heterocycles. The van der Waals surface area contributed by atoms with Crippen LogP contribution < -0.4 is 10.6 Å². The fourth-order valence-electron chi connectivity index (χ4n) is 2.65. The summed E-state index contributed by atoms with van der Waals surface area (Å²) in [6.07, 6.45) is 0. The minimum atomic E-state index is -1.09. The van der Waals surface area contributed by atoms with Gasteiger partial charge in [0.05, 0.1) is 5.69 Å². The SMILES string of the molecule is Cc1cc(F)ccc1-c1cccc(N(C(N)=O)c2c(F)cccc2F)n1. The van der Waals surface area contributed by atoms with E-state index in [-0.39, 0.29) is 5.82 Å². The Kier molecular flexibility index (Phi) is 4.62. The summed E-state index contributed by atoms with van der Waals surface area (Å²) in [6.45, 7) is 1.70. The minimum absolute atomic E-state index is 0.0530. The van der Waals surface area contributed by atoms with Crippen LogP contribution in [0.15, 0.2) is 54.6 Å². The third kappa shape index (κ3) is 3.23. The molecule has 4 nitrogen and oxygen atoms in total. The summed E-state index contributed by atoms with van der Waals surface area (Å²) < 4.78 is 41.6. The number of urea groups is 1. The third-order valence-corrected chi connectivity index (χ3v) is 3.81. The molecule has 0 radical (unpaired) electrons. The van der Waals surface area contributed by atoms with Crippen molar-refractivity contribution in [3.8, 4) is 11.3 Å². The second kappa shape index (κ2) is 6.87. The van der Waals surface area contributed by atoms with E-state index in [1.807, 2.05) is 0 Å². The number of carbonyl (C=O) groups excluding carboxylic acids is 1. The van der Waals surface area contributed by atoms with Crippen LogP contribution in [-0.2, 0) is 0 Å². The highest BCUT2D eigenvalue weighted by Gasteiger charge is 2.24. The number of rotatable bonds is 3. The van der Waals surface area contributed by atoms with E-state index >= 15 is 0 Å². The lowest BCUT2D eigenvalue weighted by atomic mass is 10.1. The molecular formula is C19H14F3N3O. The first-order chi connectivity index (χ1) is 12.4. The van der Waals surface area contributed by atoms with Crippen LogP contribution in [0.1, 0.15) is 5.56 Å². The van der Waals surface area contributed by atoms with Gasteiger partial charge in [-0.2, -0.15) is 0 Å². The molecule has 0 saturated carbocycles. The van der Waals surface area contributed by atoms with Crippen LogP contribution in [0.2, 0.25) is 0 Å². The number of amides is 2. The summed E-state index contributed by atoms with van der Waals surface area (Å²) in [4.78, 5) is 16.8. The van der Waals surface area contributed by atoms with Crippen LogP contribution >= 0.6 is 0 Å². The van der Waals surface area contributed by atoms with E-state index < -0.39 is 29.2 Å². The fraction of sp³-hybridized carbons (Fsp3) is 0.0526. The number of hydrogen-bond acceptors (Lipinski definition) is 2. The number of para-hydroxylation sites is 1. The van der Waals surface area contributed by atoms with Gasteiger partial charge in [-0.1, -0.05) is 12.1 Å². The molecule has 132 valence electrons. The lowest BCUT2D eigenvalue weighted by Gasteiger charge is -2.21. The first-order valence-corrected chi connectivity index (χ1v) is 7.65. The van der Waals surface area contributed by atoms with Gasteiger partial charge in [0.15, 0.2) is 0 Å². The summed E-state index contributed by atoms with van der Waals surface area (Å²) in [5.74, 6) is -2.35. The molecule has 0 aliphatic carbocycles. The summed E-state index contributed by atoms with van der Waals surface area (Å²) in [6, 6.07) is 10.9. The van der Waals surface area contributed by atoms with Crippen LogP contribution in [-0.4, -0.2) is 11.0 Å². The highest BCUT2D eigenvalue weighted by Crippen LogP contribution is 2.31. The monoisotopic (exact) mass is 357 g/mol. The number of benzene rings is 2. The van der Waals surface area contributed by atoms with Crippen molar-refractivity contribution in [2.75, 3.05) is 4.90 Å². The van der Waals surface area contributed by atoms with Crippen molar-refractivity contribution in [1.82, 2.24) is 4.98 Å². The van der Waals surface area contributed by atoms with Crippen LogP contribution in [0, 0.1) is 24.4 Å². The van der Waals surface area contributed by atoms with Gasteiger partial charge in [-0.05, 0) is 55.0 Å². The second-order valence-electron chi connectivity index (χ2n) is 5.58. The van der Waals surface area contributed by atoms with Crippen molar-refractivity contribution in [3.63, 3.8) is 0 Å². The number of primary amides is 1. The van der Waals surface area contributed by atoms with E-state index in [1.54, 1.807) is 19.1 Å². The van der Waals surface area contributed by atoms with Crippen LogP contribution in [0.25, 0.3) is 11.3 Å². The van der Waals surface area contributed by atoms with Gasteiger partial charge in [0, 0.05) is 5.56 Å². The number of hydrogen-bond donors (Lipinski definition) is 1. The van der Waals surface area contributed by atoms with Gasteiger partial charge in [0.25, 0.3) is 0 Å². The minimum Gasteiger partial charge on any atom is -0.351 e. The summed E-state index contributed by atoms with van der Waals surface area (Å²) in [5, 5.41) is 0. The van der Waals surface area contributed by atoms with Gasteiger partial charge in [0.1, 0.15) is 29.0 Å². The molecule has 2 aromatic carbocycles. The van der Waals surface area contributed by atoms with E-state index in [0.717, 1.165) is 12.1 Å². The van der Waals surface area contributed by atoms with Crippen molar-refractivity contribution in [2.24, 2.45) is 5.73 Å². The first kappa shape index (κ1) is 17.5. The van der Waals surface area contributed by atoms with E-state index in [2.05, 4.69) is 4.98 Å². The smallest absolute Gasteiger partial charge is 0.325 e. The molecule has 2 N–H and O–H groups in total. The van der Waals surface area contributed by atoms with Crippen LogP contribution in [0.4, 0.5) is 29.5 Å². The van der Waals surface area contributed by atoms with Crippen molar-refractivity contribution >= 4 is 17.5 Å². The second-order valence-corrected chi connectivity index (χ2v) is 5.58. The molecule has 0 aliphatic heterocycles. The van der Waals surface area contributed by atoms with E-state index in [1.165, 1.54) is 30.3 Å². The van der Waals surface area contributed by atoms with Crippen LogP contribution in [0.5, 0.6) is 0 Å². The highest BCUT2D eigenvalue weighted by atomic mass is 19.1. The number of anilines is 2. The molecular weight excluding hydrogens is 343 g/mol. The molecule has 7 heteroatoms. The molecule has 0 atom stereocenters. The molecule has 3 rings (SSSR count). The van der Waals surface area contributed by atoms with Crippen molar-refractivity contribution in [1.29, 1.82) is 0 Å². The summed E-state index contributed by atoms with van der Waals surface area (Å²) >= 11 is 0. The van der Waals surface area contributed by atoms with E-state index in [0.29, 0.717) is 21.7 Å². The first-order valence-electron chi connectivity index (χ1n) is 7.65. The van der Waals surface area contributed by atoms with Crippen molar-refractivity contribution < 1.29 is 18.0 Å². The third-order valence-electron chi connectivity index (χ3n) is 3.81. The molecule has 2 amide bonds. The Morgan fingerprint density at radius 3 is 2.27 bits per heavy atom. The summed E-state index contributed by atoms with van der Waals surface area (Å²) in [5.41, 5.74) is 6.38. The zero-order valence-corrected chi connectivity index (χ0v) is 13.7. The number of aromatic nitrogens is 1. The zero-order chi connectivity index (χ0) is 18.8. The van der Waals surface area contributed by atoms with E-state index in [9.17, 15) is 18.0 Å².